The maximum atomic E-state index is 12.8. The number of rotatable bonds is 6. The molecule has 0 aliphatic heterocycles. The van der Waals surface area contributed by atoms with Crippen LogP contribution >= 0.6 is 58.0 Å². The van der Waals surface area contributed by atoms with E-state index >= 15 is 0 Å². The first-order valence-corrected chi connectivity index (χ1v) is 16.5. The van der Waals surface area contributed by atoms with E-state index in [1.165, 1.54) is 48.5 Å². The van der Waals surface area contributed by atoms with Crippen molar-refractivity contribution in [1.29, 1.82) is 0 Å². The SMILES string of the molecule is O=S(=O)(Nc1ccc(Cl)cc1)c1cc(C(F)(F)F)cc(Cl)c1Cl.O=S(=O)(Nc1ccc(Cl)cc1)c1cc(C(F)(F)F)ccc1Cl. The molecule has 0 spiro atoms. The first-order valence-electron chi connectivity index (χ1n) is 11.6. The van der Waals surface area contributed by atoms with E-state index in [1.54, 1.807) is 0 Å². The van der Waals surface area contributed by atoms with Crippen molar-refractivity contribution in [1.82, 2.24) is 0 Å². The highest BCUT2D eigenvalue weighted by atomic mass is 35.5. The van der Waals surface area contributed by atoms with Gasteiger partial charge in [-0.1, -0.05) is 58.0 Å². The van der Waals surface area contributed by atoms with Crippen molar-refractivity contribution in [3.8, 4) is 0 Å². The molecular weight excluding hydrogens is 760 g/mol. The quantitative estimate of drug-likeness (QED) is 0.191. The first kappa shape index (κ1) is 36.9. The van der Waals surface area contributed by atoms with Gasteiger partial charge in [-0.15, -0.1) is 0 Å². The molecule has 0 heterocycles. The molecule has 0 radical (unpaired) electrons. The molecule has 0 saturated heterocycles. The van der Waals surface area contributed by atoms with Crippen LogP contribution in [0.2, 0.25) is 25.1 Å². The van der Waals surface area contributed by atoms with E-state index in [0.717, 1.165) is 6.07 Å². The third kappa shape index (κ3) is 9.95. The molecule has 0 unspecified atom stereocenters. The largest absolute Gasteiger partial charge is 0.416 e. The Kier molecular flexibility index (Phi) is 11.5. The lowest BCUT2D eigenvalue weighted by Crippen LogP contribution is -2.15. The zero-order chi connectivity index (χ0) is 34.0. The summed E-state index contributed by atoms with van der Waals surface area (Å²) in [6.45, 7) is 0. The molecule has 4 rings (SSSR count). The molecule has 0 fully saturated rings. The molecule has 0 bridgehead atoms. The molecule has 0 saturated carbocycles. The Morgan fingerprint density at radius 1 is 0.489 bits per heavy atom. The van der Waals surface area contributed by atoms with Gasteiger partial charge in [0.05, 0.1) is 26.2 Å². The predicted octanol–water partition coefficient (Wildman–Crippen LogP) is 10.3. The normalized spacial score (nSPS) is 12.2. The lowest BCUT2D eigenvalue weighted by molar-refractivity contribution is -0.138. The molecule has 0 aliphatic carbocycles. The van der Waals surface area contributed by atoms with E-state index < -0.39 is 63.4 Å². The number of nitrogens with one attached hydrogen (secondary N) is 2. The Bertz CT molecular complexity index is 1910. The summed E-state index contributed by atoms with van der Waals surface area (Å²) in [4.78, 5) is -1.42. The number of halogens is 11. The topological polar surface area (TPSA) is 92.3 Å². The fourth-order valence-electron chi connectivity index (χ4n) is 3.26. The lowest BCUT2D eigenvalue weighted by Gasteiger charge is -2.14. The van der Waals surface area contributed by atoms with E-state index in [0.29, 0.717) is 34.3 Å². The smallest absolute Gasteiger partial charge is 0.280 e. The van der Waals surface area contributed by atoms with E-state index in [1.807, 2.05) is 0 Å². The molecular formula is C26H15Cl5F6N2O4S2. The van der Waals surface area contributed by atoms with Crippen molar-refractivity contribution in [2.75, 3.05) is 9.44 Å². The fourth-order valence-corrected chi connectivity index (χ4v) is 6.98. The third-order valence-electron chi connectivity index (χ3n) is 5.35. The van der Waals surface area contributed by atoms with Crippen LogP contribution in [0.25, 0.3) is 0 Å². The Balaban J connectivity index is 0.000000246. The number of hydrogen-bond acceptors (Lipinski definition) is 4. The highest BCUT2D eigenvalue weighted by Gasteiger charge is 2.34. The minimum absolute atomic E-state index is 0.110. The van der Waals surface area contributed by atoms with Crippen LogP contribution in [-0.4, -0.2) is 16.8 Å². The molecule has 0 aliphatic rings. The van der Waals surface area contributed by atoms with Crippen LogP contribution < -0.4 is 9.44 Å². The average molecular weight is 775 g/mol. The average Bonchev–Trinajstić information content (AvgIpc) is 2.91. The van der Waals surface area contributed by atoms with Gasteiger partial charge in [0.1, 0.15) is 9.79 Å². The zero-order valence-electron chi connectivity index (χ0n) is 21.6. The van der Waals surface area contributed by atoms with Crippen LogP contribution in [0.1, 0.15) is 11.1 Å². The van der Waals surface area contributed by atoms with Gasteiger partial charge >= 0.3 is 12.4 Å². The predicted molar refractivity (Wildman–Crippen MR) is 162 cm³/mol. The second-order valence-electron chi connectivity index (χ2n) is 8.64. The van der Waals surface area contributed by atoms with Crippen LogP contribution in [0.3, 0.4) is 0 Å². The van der Waals surface area contributed by atoms with Crippen molar-refractivity contribution in [3.63, 3.8) is 0 Å². The summed E-state index contributed by atoms with van der Waals surface area (Å²) in [6.07, 6.45) is -9.44. The minimum atomic E-state index is -4.77. The molecule has 2 N–H and O–H groups in total. The maximum absolute atomic E-state index is 12.8. The van der Waals surface area contributed by atoms with Crippen molar-refractivity contribution in [2.24, 2.45) is 0 Å². The van der Waals surface area contributed by atoms with Crippen LogP contribution in [-0.2, 0) is 32.4 Å². The maximum Gasteiger partial charge on any atom is 0.416 e. The zero-order valence-corrected chi connectivity index (χ0v) is 27.0. The van der Waals surface area contributed by atoms with Crippen molar-refractivity contribution >= 4 is 89.4 Å². The van der Waals surface area contributed by atoms with Gasteiger partial charge in [0.15, 0.2) is 0 Å². The summed E-state index contributed by atoms with van der Waals surface area (Å²) in [5.41, 5.74) is -2.06. The Morgan fingerprint density at radius 3 is 1.31 bits per heavy atom. The summed E-state index contributed by atoms with van der Waals surface area (Å²) >= 11 is 28.4. The van der Waals surface area contributed by atoms with E-state index in [9.17, 15) is 43.2 Å². The second kappa shape index (κ2) is 14.0. The van der Waals surface area contributed by atoms with Gasteiger partial charge in [0.2, 0.25) is 0 Å². The van der Waals surface area contributed by atoms with Crippen LogP contribution in [0, 0.1) is 0 Å². The molecule has 0 atom stereocenters. The van der Waals surface area contributed by atoms with Crippen molar-refractivity contribution < 1.29 is 43.2 Å². The van der Waals surface area contributed by atoms with Gasteiger partial charge in [-0.05, 0) is 78.9 Å². The summed E-state index contributed by atoms with van der Waals surface area (Å²) < 4.78 is 130. The third-order valence-corrected chi connectivity index (χ3v) is 10.0. The summed E-state index contributed by atoms with van der Waals surface area (Å²) in [5, 5.41) is -0.568. The van der Waals surface area contributed by atoms with Gasteiger partial charge in [0, 0.05) is 21.4 Å². The number of hydrogen-bond donors (Lipinski definition) is 2. The fraction of sp³-hybridized carbons (Fsp3) is 0.0769. The standard InChI is InChI=1S/C13H7Cl3F3NO2S.C13H8Cl2F3NO2S/c14-8-1-3-9(4-2-8)20-23(21,22)11-6-7(13(17,18)19)5-10(15)12(11)16;14-9-2-4-10(5-3-9)19-22(20,21)12-7-8(13(16,17)18)1-6-11(12)15/h1-6,20H;1-7,19H. The number of benzene rings is 4. The molecule has 6 nitrogen and oxygen atoms in total. The Labute approximate surface area is 277 Å². The Hall–Kier alpha value is -2.59. The molecule has 19 heteroatoms. The monoisotopic (exact) mass is 772 g/mol. The molecule has 0 amide bonds. The van der Waals surface area contributed by atoms with Crippen LogP contribution in [0.4, 0.5) is 37.7 Å². The molecule has 4 aromatic carbocycles. The molecule has 242 valence electrons. The van der Waals surface area contributed by atoms with Crippen molar-refractivity contribution in [3.05, 3.63) is 115 Å². The van der Waals surface area contributed by atoms with E-state index in [4.69, 9.17) is 58.0 Å². The van der Waals surface area contributed by atoms with Gasteiger partial charge < -0.3 is 0 Å². The van der Waals surface area contributed by atoms with Crippen molar-refractivity contribution in [2.45, 2.75) is 22.1 Å². The van der Waals surface area contributed by atoms with Gasteiger partial charge in [-0.2, -0.15) is 26.3 Å². The van der Waals surface area contributed by atoms with Gasteiger partial charge in [-0.3, -0.25) is 9.44 Å². The molecule has 45 heavy (non-hydrogen) atoms. The van der Waals surface area contributed by atoms with Gasteiger partial charge in [0.25, 0.3) is 20.0 Å². The van der Waals surface area contributed by atoms with Crippen LogP contribution in [0.5, 0.6) is 0 Å². The summed E-state index contributed by atoms with van der Waals surface area (Å²) in [7, 11) is -8.64. The number of anilines is 2. The highest BCUT2D eigenvalue weighted by molar-refractivity contribution is 7.93. The van der Waals surface area contributed by atoms with Crippen LogP contribution in [0.15, 0.2) is 88.7 Å². The summed E-state index contributed by atoms with van der Waals surface area (Å²) in [5.74, 6) is 0. The van der Waals surface area contributed by atoms with Gasteiger partial charge in [-0.25, -0.2) is 16.8 Å². The summed E-state index contributed by atoms with van der Waals surface area (Å²) in [6, 6.07) is 14.2. The lowest BCUT2D eigenvalue weighted by atomic mass is 10.2. The number of alkyl halides is 6. The van der Waals surface area contributed by atoms with E-state index in [-0.39, 0.29) is 16.4 Å². The second-order valence-corrected chi connectivity index (χ2v) is 14.0. The minimum Gasteiger partial charge on any atom is -0.280 e. The highest BCUT2D eigenvalue weighted by Crippen LogP contribution is 2.38. The Morgan fingerprint density at radius 2 is 0.889 bits per heavy atom. The number of sulfonamides is 2. The first-order chi connectivity index (χ1) is 20.6. The van der Waals surface area contributed by atoms with E-state index in [2.05, 4.69) is 9.44 Å². The molecule has 4 aromatic rings. The molecule has 0 aromatic heterocycles.